The van der Waals surface area contributed by atoms with Crippen molar-refractivity contribution in [2.45, 2.75) is 6.42 Å². The number of hydrogen-bond donors (Lipinski definition) is 3. The van der Waals surface area contributed by atoms with Gasteiger partial charge >= 0.3 is 0 Å². The molecule has 2 rings (SSSR count). The van der Waals surface area contributed by atoms with E-state index in [1.54, 1.807) is 24.3 Å². The number of oxime groups is 1. The molecule has 102 valence electrons. The summed E-state index contributed by atoms with van der Waals surface area (Å²) in [4.78, 5) is 11.9. The van der Waals surface area contributed by atoms with Crippen molar-refractivity contribution in [2.75, 3.05) is 5.32 Å². The van der Waals surface area contributed by atoms with Crippen LogP contribution in [0.15, 0.2) is 59.8 Å². The zero-order valence-electron chi connectivity index (χ0n) is 10.8. The minimum absolute atomic E-state index is 0.0466. The molecule has 0 heterocycles. The molecule has 1 amide bonds. The maximum absolute atomic E-state index is 11.9. The lowest BCUT2D eigenvalue weighted by Gasteiger charge is -2.05. The number of hydrogen-bond acceptors (Lipinski definition) is 3. The van der Waals surface area contributed by atoms with Crippen LogP contribution in [0.2, 0.25) is 0 Å². The number of nitrogens with two attached hydrogens (primary N) is 1. The molecule has 0 saturated carbocycles. The molecule has 0 fully saturated rings. The molecule has 0 aliphatic carbocycles. The SMILES string of the molecule is NC(=NO)c1ccc(CC(=O)Nc2ccccc2)cc1. The van der Waals surface area contributed by atoms with E-state index in [0.717, 1.165) is 11.3 Å². The van der Waals surface area contributed by atoms with E-state index in [9.17, 15) is 4.79 Å². The predicted molar refractivity (Wildman–Crippen MR) is 77.7 cm³/mol. The summed E-state index contributed by atoms with van der Waals surface area (Å²) in [5.74, 6) is -0.0435. The maximum Gasteiger partial charge on any atom is 0.228 e. The Balaban J connectivity index is 1.98. The molecule has 20 heavy (non-hydrogen) atoms. The van der Waals surface area contributed by atoms with Crippen LogP contribution in [0.25, 0.3) is 0 Å². The van der Waals surface area contributed by atoms with Crippen molar-refractivity contribution in [3.63, 3.8) is 0 Å². The van der Waals surface area contributed by atoms with E-state index < -0.39 is 0 Å². The van der Waals surface area contributed by atoms with E-state index in [1.165, 1.54) is 0 Å². The summed E-state index contributed by atoms with van der Waals surface area (Å²) in [6.07, 6.45) is 0.269. The summed E-state index contributed by atoms with van der Waals surface area (Å²) >= 11 is 0. The van der Waals surface area contributed by atoms with Crippen LogP contribution < -0.4 is 11.1 Å². The molecule has 0 aliphatic heterocycles. The van der Waals surface area contributed by atoms with Gasteiger partial charge in [-0.05, 0) is 17.7 Å². The van der Waals surface area contributed by atoms with Crippen LogP contribution in [0.4, 0.5) is 5.69 Å². The number of nitrogens with zero attached hydrogens (tertiary/aromatic N) is 1. The lowest BCUT2D eigenvalue weighted by Crippen LogP contribution is -2.15. The predicted octanol–water partition coefficient (Wildman–Crippen LogP) is 1.96. The van der Waals surface area contributed by atoms with E-state index in [-0.39, 0.29) is 18.2 Å². The molecule has 5 heteroatoms. The van der Waals surface area contributed by atoms with Crippen LogP contribution >= 0.6 is 0 Å². The number of anilines is 1. The summed E-state index contributed by atoms with van der Waals surface area (Å²) in [6.45, 7) is 0. The first kappa shape index (κ1) is 13.6. The Morgan fingerprint density at radius 3 is 2.35 bits per heavy atom. The number of rotatable bonds is 4. The van der Waals surface area contributed by atoms with Crippen molar-refractivity contribution in [1.82, 2.24) is 0 Å². The first-order chi connectivity index (χ1) is 9.69. The lowest BCUT2D eigenvalue weighted by atomic mass is 10.1. The van der Waals surface area contributed by atoms with Gasteiger partial charge in [-0.1, -0.05) is 47.6 Å². The number of para-hydroxylation sites is 1. The van der Waals surface area contributed by atoms with E-state index in [0.29, 0.717) is 5.56 Å². The van der Waals surface area contributed by atoms with Gasteiger partial charge in [0.25, 0.3) is 0 Å². The molecular weight excluding hydrogens is 254 g/mol. The number of nitrogens with one attached hydrogen (secondary N) is 1. The van der Waals surface area contributed by atoms with Crippen LogP contribution in [0, 0.1) is 0 Å². The Morgan fingerprint density at radius 2 is 1.75 bits per heavy atom. The minimum Gasteiger partial charge on any atom is -0.409 e. The van der Waals surface area contributed by atoms with Gasteiger partial charge in [-0.25, -0.2) is 0 Å². The Hall–Kier alpha value is -2.82. The maximum atomic E-state index is 11.9. The molecule has 0 saturated heterocycles. The first-order valence-corrected chi connectivity index (χ1v) is 6.11. The molecule has 0 aliphatic rings. The van der Waals surface area contributed by atoms with Crippen LogP contribution in [-0.4, -0.2) is 17.0 Å². The second-order valence-corrected chi connectivity index (χ2v) is 4.27. The molecule has 4 N–H and O–H groups in total. The summed E-state index contributed by atoms with van der Waals surface area (Å²) in [6, 6.07) is 16.2. The standard InChI is InChI=1S/C15H15N3O2/c16-15(18-20)12-8-6-11(7-9-12)10-14(19)17-13-4-2-1-3-5-13/h1-9,20H,10H2,(H2,16,18)(H,17,19). The molecular formula is C15H15N3O2. The van der Waals surface area contributed by atoms with Gasteiger partial charge in [-0.2, -0.15) is 0 Å². The van der Waals surface area contributed by atoms with Gasteiger partial charge in [0.15, 0.2) is 5.84 Å². The number of amides is 1. The largest absolute Gasteiger partial charge is 0.409 e. The van der Waals surface area contributed by atoms with Crippen LogP contribution in [-0.2, 0) is 11.2 Å². The molecule has 0 unspecified atom stereocenters. The normalized spacial score (nSPS) is 11.1. The summed E-state index contributed by atoms with van der Waals surface area (Å²) in [5.41, 5.74) is 7.70. The van der Waals surface area contributed by atoms with E-state index >= 15 is 0 Å². The Kier molecular flexibility index (Phi) is 4.34. The zero-order valence-corrected chi connectivity index (χ0v) is 10.8. The lowest BCUT2D eigenvalue weighted by molar-refractivity contribution is -0.115. The summed E-state index contributed by atoms with van der Waals surface area (Å²) in [5, 5.41) is 14.3. The zero-order chi connectivity index (χ0) is 14.4. The highest BCUT2D eigenvalue weighted by atomic mass is 16.4. The topological polar surface area (TPSA) is 87.7 Å². The van der Waals surface area contributed by atoms with E-state index in [2.05, 4.69) is 10.5 Å². The van der Waals surface area contributed by atoms with Crippen molar-refractivity contribution in [3.8, 4) is 0 Å². The number of amidine groups is 1. The monoisotopic (exact) mass is 269 g/mol. The second kappa shape index (κ2) is 6.38. The molecule has 0 spiro atoms. The molecule has 0 aromatic heterocycles. The molecule has 0 atom stereocenters. The Morgan fingerprint density at radius 1 is 1.10 bits per heavy atom. The van der Waals surface area contributed by atoms with Crippen molar-refractivity contribution >= 4 is 17.4 Å². The third-order valence-electron chi connectivity index (χ3n) is 2.78. The van der Waals surface area contributed by atoms with Gasteiger partial charge in [0.1, 0.15) is 0 Å². The molecule has 5 nitrogen and oxygen atoms in total. The average molecular weight is 269 g/mol. The van der Waals surface area contributed by atoms with Gasteiger partial charge in [-0.3, -0.25) is 4.79 Å². The first-order valence-electron chi connectivity index (χ1n) is 6.11. The molecule has 2 aromatic carbocycles. The fourth-order valence-corrected chi connectivity index (χ4v) is 1.76. The number of carbonyl (C=O) groups is 1. The highest BCUT2D eigenvalue weighted by Crippen LogP contribution is 2.08. The third-order valence-corrected chi connectivity index (χ3v) is 2.78. The van der Waals surface area contributed by atoms with Crippen LogP contribution in [0.1, 0.15) is 11.1 Å². The Labute approximate surface area is 116 Å². The summed E-state index contributed by atoms with van der Waals surface area (Å²) < 4.78 is 0. The third kappa shape index (κ3) is 3.58. The highest BCUT2D eigenvalue weighted by molar-refractivity contribution is 5.97. The fraction of sp³-hybridized carbons (Fsp3) is 0.0667. The van der Waals surface area contributed by atoms with Gasteiger partial charge in [0.05, 0.1) is 6.42 Å². The Bertz CT molecular complexity index is 607. The molecule has 0 radical (unpaired) electrons. The van der Waals surface area contributed by atoms with Crippen LogP contribution in [0.3, 0.4) is 0 Å². The van der Waals surface area contributed by atoms with Crippen molar-refractivity contribution in [1.29, 1.82) is 0 Å². The minimum atomic E-state index is -0.0900. The van der Waals surface area contributed by atoms with Gasteiger partial charge < -0.3 is 16.3 Å². The fourth-order valence-electron chi connectivity index (χ4n) is 1.76. The van der Waals surface area contributed by atoms with Crippen molar-refractivity contribution in [3.05, 3.63) is 65.7 Å². The molecule has 0 bridgehead atoms. The number of benzene rings is 2. The van der Waals surface area contributed by atoms with Gasteiger partial charge in [-0.15, -0.1) is 0 Å². The quantitative estimate of drug-likeness (QED) is 0.343. The number of carbonyl (C=O) groups excluding carboxylic acids is 1. The second-order valence-electron chi connectivity index (χ2n) is 4.27. The highest BCUT2D eigenvalue weighted by Gasteiger charge is 2.05. The van der Waals surface area contributed by atoms with E-state index in [4.69, 9.17) is 10.9 Å². The molecule has 2 aromatic rings. The van der Waals surface area contributed by atoms with Crippen molar-refractivity contribution in [2.24, 2.45) is 10.9 Å². The van der Waals surface area contributed by atoms with Gasteiger partial charge in [0.2, 0.25) is 5.91 Å². The van der Waals surface area contributed by atoms with Crippen molar-refractivity contribution < 1.29 is 10.0 Å². The van der Waals surface area contributed by atoms with E-state index in [1.807, 2.05) is 30.3 Å². The van der Waals surface area contributed by atoms with Gasteiger partial charge in [0, 0.05) is 11.3 Å². The average Bonchev–Trinajstić information content (AvgIpc) is 2.48. The van der Waals surface area contributed by atoms with Crippen LogP contribution in [0.5, 0.6) is 0 Å². The smallest absolute Gasteiger partial charge is 0.228 e. The summed E-state index contributed by atoms with van der Waals surface area (Å²) in [7, 11) is 0.